The molecular weight excluding hydrogens is 353 g/mol. The molecule has 0 aliphatic rings. The van der Waals surface area contributed by atoms with E-state index in [2.05, 4.69) is 31.1 Å². The molecule has 1 aromatic rings. The van der Waals surface area contributed by atoms with E-state index in [1.54, 1.807) is 0 Å². The number of unbranched alkanes of at least 4 members (excludes halogenated alkanes) is 3. The van der Waals surface area contributed by atoms with E-state index in [4.69, 9.17) is 4.11 Å². The van der Waals surface area contributed by atoms with Crippen molar-refractivity contribution >= 4 is 22.1 Å². The van der Waals surface area contributed by atoms with Crippen LogP contribution < -0.4 is 3.71 Å². The topological polar surface area (TPSA) is 30.7 Å². The van der Waals surface area contributed by atoms with Gasteiger partial charge >= 0.3 is 133 Å². The SMILES string of the molecule is [2H]C([2H])([2H])c1nnn(C)[c]1[Sn]([CH2]CCC)([CH2]CCC)[CH2]CCC. The zero-order chi connectivity index (χ0) is 17.5. The van der Waals surface area contributed by atoms with Gasteiger partial charge in [0.05, 0.1) is 0 Å². The number of aryl methyl sites for hydroxylation is 2. The van der Waals surface area contributed by atoms with Crippen LogP contribution in [-0.2, 0) is 7.05 Å². The molecule has 0 amide bonds. The van der Waals surface area contributed by atoms with Gasteiger partial charge in [0.2, 0.25) is 0 Å². The Labute approximate surface area is 133 Å². The summed E-state index contributed by atoms with van der Waals surface area (Å²) in [5.41, 5.74) is 0.305. The van der Waals surface area contributed by atoms with Crippen LogP contribution in [0.15, 0.2) is 0 Å². The molecule has 3 nitrogen and oxygen atoms in total. The Morgan fingerprint density at radius 3 is 1.90 bits per heavy atom. The summed E-state index contributed by atoms with van der Waals surface area (Å²) in [4.78, 5) is 0. The molecule has 0 N–H and O–H groups in total. The first kappa shape index (κ1) is 13.6. The van der Waals surface area contributed by atoms with E-state index >= 15 is 0 Å². The third kappa shape index (κ3) is 4.47. The Bertz CT molecular complexity index is 450. The molecule has 1 heterocycles. The molecule has 0 aliphatic heterocycles. The van der Waals surface area contributed by atoms with Crippen molar-refractivity contribution < 1.29 is 4.11 Å². The maximum atomic E-state index is 7.89. The zero-order valence-corrected chi connectivity index (χ0v) is 16.6. The van der Waals surface area contributed by atoms with Crippen molar-refractivity contribution in [1.29, 1.82) is 0 Å². The number of hydrogen-bond donors (Lipinski definition) is 0. The second-order valence-electron chi connectivity index (χ2n) is 6.00. The van der Waals surface area contributed by atoms with E-state index in [-0.39, 0.29) is 0 Å². The Morgan fingerprint density at radius 1 is 1.00 bits per heavy atom. The molecule has 0 radical (unpaired) electrons. The van der Waals surface area contributed by atoms with Crippen molar-refractivity contribution in [3.05, 3.63) is 5.69 Å². The normalized spacial score (nSPS) is 14.9. The van der Waals surface area contributed by atoms with Crippen molar-refractivity contribution in [2.24, 2.45) is 7.05 Å². The van der Waals surface area contributed by atoms with Gasteiger partial charge in [0.1, 0.15) is 0 Å². The van der Waals surface area contributed by atoms with Gasteiger partial charge in [-0.15, -0.1) is 0 Å². The minimum atomic E-state index is -2.82. The first-order chi connectivity index (χ1) is 10.8. The predicted octanol–water partition coefficient (Wildman–Crippen LogP) is 4.18. The summed E-state index contributed by atoms with van der Waals surface area (Å²) < 4.78 is 30.2. The molecule has 0 saturated carbocycles. The van der Waals surface area contributed by atoms with Gasteiger partial charge in [0, 0.05) is 0 Å². The van der Waals surface area contributed by atoms with Gasteiger partial charge < -0.3 is 0 Å². The van der Waals surface area contributed by atoms with E-state index in [9.17, 15) is 0 Å². The molecule has 20 heavy (non-hydrogen) atoms. The van der Waals surface area contributed by atoms with Crippen molar-refractivity contribution in [2.45, 2.75) is 79.5 Å². The first-order valence-electron chi connectivity index (χ1n) is 9.73. The Balaban J connectivity index is 3.38. The van der Waals surface area contributed by atoms with Crippen LogP contribution in [-0.4, -0.2) is 33.4 Å². The summed E-state index contributed by atoms with van der Waals surface area (Å²) in [6.45, 7) is 4.53. The van der Waals surface area contributed by atoms with Gasteiger partial charge in [-0.1, -0.05) is 0 Å². The Hall–Kier alpha value is -0.0613. The van der Waals surface area contributed by atoms with Crippen LogP contribution >= 0.6 is 0 Å². The fourth-order valence-corrected chi connectivity index (χ4v) is 19.9. The minimum absolute atomic E-state index is 0.305. The fraction of sp³-hybridized carbons (Fsp3) is 0.875. The Kier molecular flexibility index (Phi) is 6.16. The Morgan fingerprint density at radius 2 is 1.50 bits per heavy atom. The molecule has 0 bridgehead atoms. The van der Waals surface area contributed by atoms with Crippen LogP contribution in [0.3, 0.4) is 0 Å². The molecule has 0 saturated heterocycles. The molecule has 1 aromatic heterocycles. The molecule has 116 valence electrons. The average molecular weight is 389 g/mol. The van der Waals surface area contributed by atoms with E-state index in [0.29, 0.717) is 5.69 Å². The van der Waals surface area contributed by atoms with Crippen molar-refractivity contribution in [1.82, 2.24) is 15.0 Å². The van der Waals surface area contributed by atoms with E-state index in [1.807, 2.05) is 11.7 Å². The third-order valence-electron chi connectivity index (χ3n) is 4.36. The maximum absolute atomic E-state index is 7.89. The summed E-state index contributed by atoms with van der Waals surface area (Å²) in [5.74, 6) is 0. The summed E-state index contributed by atoms with van der Waals surface area (Å²) >= 11 is -2.82. The third-order valence-corrected chi connectivity index (χ3v) is 20.0. The molecule has 0 unspecified atom stereocenters. The van der Waals surface area contributed by atoms with Crippen molar-refractivity contribution in [3.8, 4) is 0 Å². The van der Waals surface area contributed by atoms with E-state index < -0.39 is 25.2 Å². The average Bonchev–Trinajstić information content (AvgIpc) is 2.90. The van der Waals surface area contributed by atoms with Crippen LogP contribution in [0, 0.1) is 6.85 Å². The second kappa shape index (κ2) is 9.06. The van der Waals surface area contributed by atoms with Gasteiger partial charge in [0.25, 0.3) is 0 Å². The molecule has 0 fully saturated rings. The molecular formula is C16H33N3Sn. The quantitative estimate of drug-likeness (QED) is 0.563. The van der Waals surface area contributed by atoms with Crippen LogP contribution in [0.1, 0.15) is 69.1 Å². The van der Waals surface area contributed by atoms with Crippen LogP contribution in [0.2, 0.25) is 13.3 Å². The van der Waals surface area contributed by atoms with E-state index in [0.717, 1.165) is 3.71 Å². The van der Waals surface area contributed by atoms with Crippen molar-refractivity contribution in [3.63, 3.8) is 0 Å². The van der Waals surface area contributed by atoms with Gasteiger partial charge in [-0.3, -0.25) is 0 Å². The van der Waals surface area contributed by atoms with Gasteiger partial charge in [-0.2, -0.15) is 0 Å². The number of aromatic nitrogens is 3. The van der Waals surface area contributed by atoms with Gasteiger partial charge in [0.15, 0.2) is 0 Å². The van der Waals surface area contributed by atoms with E-state index in [1.165, 1.54) is 51.8 Å². The molecule has 1 rings (SSSR count). The second-order valence-corrected chi connectivity index (χ2v) is 18.9. The first-order valence-corrected chi connectivity index (χ1v) is 15.7. The van der Waals surface area contributed by atoms with Gasteiger partial charge in [-0.05, 0) is 0 Å². The van der Waals surface area contributed by atoms with Crippen LogP contribution in [0.4, 0.5) is 0 Å². The van der Waals surface area contributed by atoms with Crippen LogP contribution in [0.25, 0.3) is 0 Å². The monoisotopic (exact) mass is 390 g/mol. The standard InChI is InChI=1S/C4H6N3.3C4H9.Sn/c1-4-3-7(2)6-5-4;3*1-3-4-2;/h1-2H3;3*1,3-4H2,2H3;/i1D3;;;;. The molecule has 0 atom stereocenters. The summed E-state index contributed by atoms with van der Waals surface area (Å²) in [6.07, 6.45) is 7.13. The number of hydrogen-bond acceptors (Lipinski definition) is 2. The molecule has 0 spiro atoms. The summed E-state index contributed by atoms with van der Waals surface area (Å²) in [7, 11) is 1.90. The zero-order valence-electron chi connectivity index (χ0n) is 16.7. The summed E-state index contributed by atoms with van der Waals surface area (Å²) in [6, 6.07) is 0. The predicted molar refractivity (Wildman–Crippen MR) is 90.3 cm³/mol. The van der Waals surface area contributed by atoms with Crippen LogP contribution in [0.5, 0.6) is 0 Å². The fourth-order valence-electron chi connectivity index (χ4n) is 3.23. The molecule has 0 aromatic carbocycles. The molecule has 4 heteroatoms. The van der Waals surface area contributed by atoms with Crippen molar-refractivity contribution in [2.75, 3.05) is 0 Å². The molecule has 0 aliphatic carbocycles. The number of rotatable bonds is 10. The summed E-state index contributed by atoms with van der Waals surface area (Å²) in [5, 5.41) is 8.21. The number of nitrogens with zero attached hydrogens (tertiary/aromatic N) is 3. The van der Waals surface area contributed by atoms with Gasteiger partial charge in [-0.25, -0.2) is 0 Å².